The van der Waals surface area contributed by atoms with Gasteiger partial charge in [-0.2, -0.15) is 0 Å². The standard InChI is InChI=1S/C16H20BrNO3/c1-11-6-5-7-12(2)18(11)15(19)10-21-16(20)13-8-3-4-9-14(13)17/h3-4,8-9,11-12H,5-7,10H2,1-2H3. The molecule has 1 aromatic rings. The van der Waals surface area contributed by atoms with E-state index >= 15 is 0 Å². The molecule has 0 N–H and O–H groups in total. The highest BCUT2D eigenvalue weighted by Crippen LogP contribution is 2.23. The van der Waals surface area contributed by atoms with Crippen molar-refractivity contribution < 1.29 is 14.3 Å². The van der Waals surface area contributed by atoms with Crippen molar-refractivity contribution in [1.82, 2.24) is 4.90 Å². The Kier molecular flexibility index (Phi) is 5.39. The average Bonchev–Trinajstić information content (AvgIpc) is 2.45. The summed E-state index contributed by atoms with van der Waals surface area (Å²) in [6.45, 7) is 3.89. The van der Waals surface area contributed by atoms with Gasteiger partial charge in [-0.1, -0.05) is 12.1 Å². The second kappa shape index (κ2) is 7.07. The number of rotatable bonds is 3. The van der Waals surface area contributed by atoms with Crippen molar-refractivity contribution in [1.29, 1.82) is 0 Å². The molecule has 0 aliphatic carbocycles. The van der Waals surface area contributed by atoms with E-state index in [1.165, 1.54) is 0 Å². The normalized spacial score (nSPS) is 22.0. The van der Waals surface area contributed by atoms with Gasteiger partial charge in [-0.25, -0.2) is 4.79 Å². The quantitative estimate of drug-likeness (QED) is 0.782. The highest BCUT2D eigenvalue weighted by molar-refractivity contribution is 9.10. The van der Waals surface area contributed by atoms with Crippen molar-refractivity contribution >= 4 is 27.8 Å². The summed E-state index contributed by atoms with van der Waals surface area (Å²) in [5, 5.41) is 0. The van der Waals surface area contributed by atoms with Crippen molar-refractivity contribution in [2.24, 2.45) is 0 Å². The smallest absolute Gasteiger partial charge is 0.339 e. The van der Waals surface area contributed by atoms with E-state index in [-0.39, 0.29) is 24.6 Å². The summed E-state index contributed by atoms with van der Waals surface area (Å²) in [6, 6.07) is 7.45. The molecule has 1 heterocycles. The Morgan fingerprint density at radius 1 is 1.24 bits per heavy atom. The topological polar surface area (TPSA) is 46.6 Å². The van der Waals surface area contributed by atoms with Gasteiger partial charge in [0.15, 0.2) is 6.61 Å². The second-order valence-electron chi connectivity index (χ2n) is 5.49. The molecule has 0 radical (unpaired) electrons. The van der Waals surface area contributed by atoms with Gasteiger partial charge in [0.05, 0.1) is 5.56 Å². The SMILES string of the molecule is CC1CCCC(C)N1C(=O)COC(=O)c1ccccc1Br. The fraction of sp³-hybridized carbons (Fsp3) is 0.500. The molecule has 0 saturated carbocycles. The first-order valence-corrected chi connectivity index (χ1v) is 8.03. The number of nitrogens with zero attached hydrogens (tertiary/aromatic N) is 1. The lowest BCUT2D eigenvalue weighted by Gasteiger charge is -2.38. The zero-order valence-corrected chi connectivity index (χ0v) is 13.9. The van der Waals surface area contributed by atoms with Crippen LogP contribution in [0, 0.1) is 0 Å². The van der Waals surface area contributed by atoms with Crippen molar-refractivity contribution in [2.45, 2.75) is 45.2 Å². The Morgan fingerprint density at radius 2 is 1.86 bits per heavy atom. The number of carbonyl (C=O) groups excluding carboxylic acids is 2. The van der Waals surface area contributed by atoms with Crippen LogP contribution in [0.5, 0.6) is 0 Å². The predicted molar refractivity (Wildman–Crippen MR) is 84.0 cm³/mol. The summed E-state index contributed by atoms with van der Waals surface area (Å²) in [5.74, 6) is -0.594. The lowest BCUT2D eigenvalue weighted by Crippen LogP contribution is -2.49. The van der Waals surface area contributed by atoms with Gasteiger partial charge in [0.2, 0.25) is 0 Å². The summed E-state index contributed by atoms with van der Waals surface area (Å²) in [5.41, 5.74) is 0.435. The third kappa shape index (κ3) is 3.84. The molecular formula is C16H20BrNO3. The third-order valence-corrected chi connectivity index (χ3v) is 4.59. The van der Waals surface area contributed by atoms with Crippen LogP contribution in [0.25, 0.3) is 0 Å². The first-order valence-electron chi connectivity index (χ1n) is 7.23. The lowest BCUT2D eigenvalue weighted by molar-refractivity contribution is -0.140. The van der Waals surface area contributed by atoms with E-state index in [2.05, 4.69) is 15.9 Å². The molecule has 2 rings (SSSR count). The van der Waals surface area contributed by atoms with Crippen molar-refractivity contribution in [3.63, 3.8) is 0 Å². The van der Waals surface area contributed by atoms with Crippen LogP contribution in [0.3, 0.4) is 0 Å². The molecule has 0 spiro atoms. The Balaban J connectivity index is 1.95. The number of piperidine rings is 1. The number of esters is 1. The van der Waals surface area contributed by atoms with Gasteiger partial charge >= 0.3 is 5.97 Å². The number of carbonyl (C=O) groups is 2. The maximum absolute atomic E-state index is 12.3. The fourth-order valence-corrected chi connectivity index (χ4v) is 3.27. The van der Waals surface area contributed by atoms with Crippen LogP contribution in [-0.2, 0) is 9.53 Å². The van der Waals surface area contributed by atoms with E-state index in [1.807, 2.05) is 24.8 Å². The van der Waals surface area contributed by atoms with Gasteiger partial charge in [0.1, 0.15) is 0 Å². The first-order chi connectivity index (χ1) is 10.0. The minimum Gasteiger partial charge on any atom is -0.452 e. The van der Waals surface area contributed by atoms with E-state index in [9.17, 15) is 9.59 Å². The van der Waals surface area contributed by atoms with Crippen molar-refractivity contribution in [3.05, 3.63) is 34.3 Å². The highest BCUT2D eigenvalue weighted by atomic mass is 79.9. The number of likely N-dealkylation sites (tertiary alicyclic amines) is 1. The number of hydrogen-bond donors (Lipinski definition) is 0. The molecule has 1 aliphatic rings. The zero-order chi connectivity index (χ0) is 15.4. The van der Waals surface area contributed by atoms with Gasteiger partial charge < -0.3 is 9.64 Å². The first kappa shape index (κ1) is 16.0. The van der Waals surface area contributed by atoms with Crippen LogP contribution < -0.4 is 0 Å². The number of hydrogen-bond acceptors (Lipinski definition) is 3. The van der Waals surface area contributed by atoms with Crippen molar-refractivity contribution in [2.75, 3.05) is 6.61 Å². The summed E-state index contributed by atoms with van der Waals surface area (Å²) in [4.78, 5) is 26.1. The Hall–Kier alpha value is -1.36. The van der Waals surface area contributed by atoms with Crippen LogP contribution in [0.4, 0.5) is 0 Å². The van der Waals surface area contributed by atoms with Crippen LogP contribution in [-0.4, -0.2) is 35.5 Å². The third-order valence-electron chi connectivity index (χ3n) is 3.90. The van der Waals surface area contributed by atoms with Gasteiger partial charge in [0, 0.05) is 16.6 Å². The van der Waals surface area contributed by atoms with Crippen LogP contribution in [0.15, 0.2) is 28.7 Å². The summed E-state index contributed by atoms with van der Waals surface area (Å²) >= 11 is 3.30. The second-order valence-corrected chi connectivity index (χ2v) is 6.34. The molecule has 0 bridgehead atoms. The maximum Gasteiger partial charge on any atom is 0.339 e. The number of ether oxygens (including phenoxy) is 1. The largest absolute Gasteiger partial charge is 0.452 e. The van der Waals surface area contributed by atoms with Crippen molar-refractivity contribution in [3.8, 4) is 0 Å². The van der Waals surface area contributed by atoms with E-state index in [0.717, 1.165) is 19.3 Å². The molecule has 21 heavy (non-hydrogen) atoms. The molecule has 1 aromatic carbocycles. The van der Waals surface area contributed by atoms with E-state index in [0.29, 0.717) is 10.0 Å². The Morgan fingerprint density at radius 3 is 2.48 bits per heavy atom. The zero-order valence-electron chi connectivity index (χ0n) is 12.3. The monoisotopic (exact) mass is 353 g/mol. The highest BCUT2D eigenvalue weighted by Gasteiger charge is 2.29. The van der Waals surface area contributed by atoms with Crippen LogP contribution in [0.1, 0.15) is 43.5 Å². The molecule has 0 aromatic heterocycles. The number of amides is 1. The molecule has 1 amide bonds. The molecule has 1 saturated heterocycles. The molecule has 4 nitrogen and oxygen atoms in total. The number of halogens is 1. The lowest BCUT2D eigenvalue weighted by atomic mass is 9.97. The average molecular weight is 354 g/mol. The van der Waals surface area contributed by atoms with Crippen LogP contribution >= 0.6 is 15.9 Å². The van der Waals surface area contributed by atoms with Gasteiger partial charge in [-0.05, 0) is 61.2 Å². The van der Waals surface area contributed by atoms with Gasteiger partial charge in [-0.15, -0.1) is 0 Å². The summed E-state index contributed by atoms with van der Waals surface area (Å²) in [7, 11) is 0. The Labute approximate surface area is 133 Å². The molecule has 1 aliphatic heterocycles. The molecule has 2 unspecified atom stereocenters. The molecule has 1 fully saturated rings. The minimum absolute atomic E-state index is 0.116. The molecule has 5 heteroatoms. The van der Waals surface area contributed by atoms with E-state index in [4.69, 9.17) is 4.74 Å². The number of benzene rings is 1. The molecule has 2 atom stereocenters. The van der Waals surface area contributed by atoms with Gasteiger partial charge in [-0.3, -0.25) is 4.79 Å². The van der Waals surface area contributed by atoms with Gasteiger partial charge in [0.25, 0.3) is 5.91 Å². The maximum atomic E-state index is 12.3. The molecular weight excluding hydrogens is 334 g/mol. The Bertz CT molecular complexity index is 522. The predicted octanol–water partition coefficient (Wildman–Crippen LogP) is 3.40. The minimum atomic E-state index is -0.479. The van der Waals surface area contributed by atoms with Crippen LogP contribution in [0.2, 0.25) is 0 Å². The summed E-state index contributed by atoms with van der Waals surface area (Å²) < 4.78 is 5.83. The van der Waals surface area contributed by atoms with E-state index < -0.39 is 5.97 Å². The molecule has 114 valence electrons. The fourth-order valence-electron chi connectivity index (χ4n) is 2.82. The van der Waals surface area contributed by atoms with E-state index in [1.54, 1.807) is 18.2 Å². The summed E-state index contributed by atoms with van der Waals surface area (Å²) in [6.07, 6.45) is 3.16.